The van der Waals surface area contributed by atoms with E-state index in [1.54, 1.807) is 18.2 Å². The van der Waals surface area contributed by atoms with Crippen molar-refractivity contribution in [1.29, 1.82) is 0 Å². The monoisotopic (exact) mass is 727 g/mol. The average molecular weight is 728 g/mol. The van der Waals surface area contributed by atoms with Gasteiger partial charge in [-0.1, -0.05) is 32.9 Å². The van der Waals surface area contributed by atoms with Crippen molar-refractivity contribution in [3.63, 3.8) is 0 Å². The van der Waals surface area contributed by atoms with Crippen LogP contribution in [-0.4, -0.2) is 108 Å². The molecule has 5 heterocycles. The number of piperazine rings is 1. The Balaban J connectivity index is 0.957. The molecule has 0 spiro atoms. The number of nitrogens with one attached hydrogen (secondary N) is 1. The molecule has 1 aliphatic carbocycles. The predicted octanol–water partition coefficient (Wildman–Crippen LogP) is 2.93. The van der Waals surface area contributed by atoms with Crippen LogP contribution in [0, 0.1) is 11.3 Å². The van der Waals surface area contributed by atoms with Crippen LogP contribution in [0.1, 0.15) is 77.2 Å². The Bertz CT molecular complexity index is 1830. The van der Waals surface area contributed by atoms with Gasteiger partial charge in [0.1, 0.15) is 17.8 Å². The van der Waals surface area contributed by atoms with Gasteiger partial charge in [0.05, 0.1) is 17.5 Å². The number of likely N-dealkylation sites (tertiary alicyclic amines) is 1. The molecule has 3 saturated heterocycles. The van der Waals surface area contributed by atoms with Crippen LogP contribution in [0.4, 0.5) is 17.5 Å². The van der Waals surface area contributed by atoms with Crippen LogP contribution < -0.4 is 20.9 Å². The molecule has 0 radical (unpaired) electrons. The SMILES string of the molecule is CC(C)(C)C(NC(=O)C1CCC(c2cnc(N3C4CCC3CN(c3cc(-c5ccccc5O)nnc3N)C4)nc2)CC1)C(=O)N1C[C@H](O)C[C@H]1C(=O)O. The van der Waals surface area contributed by atoms with Gasteiger partial charge in [-0.2, -0.15) is 0 Å². The minimum atomic E-state index is -1.16. The maximum atomic E-state index is 13.6. The number of aromatic hydroxyl groups is 1. The summed E-state index contributed by atoms with van der Waals surface area (Å²) < 4.78 is 0. The lowest BCUT2D eigenvalue weighted by Gasteiger charge is -2.42. The molecule has 15 nitrogen and oxygen atoms in total. The molecule has 3 aliphatic heterocycles. The molecule has 1 saturated carbocycles. The lowest BCUT2D eigenvalue weighted by atomic mass is 9.78. The predicted molar refractivity (Wildman–Crippen MR) is 197 cm³/mol. The number of aromatic nitrogens is 4. The van der Waals surface area contributed by atoms with E-state index in [1.807, 2.05) is 45.3 Å². The van der Waals surface area contributed by atoms with Gasteiger partial charge in [0.15, 0.2) is 5.82 Å². The van der Waals surface area contributed by atoms with Crippen LogP contribution in [0.15, 0.2) is 42.7 Å². The summed E-state index contributed by atoms with van der Waals surface area (Å²) in [5.74, 6) is -0.709. The zero-order valence-corrected chi connectivity index (χ0v) is 30.4. The van der Waals surface area contributed by atoms with Crippen LogP contribution in [-0.2, 0) is 14.4 Å². The summed E-state index contributed by atoms with van der Waals surface area (Å²) in [7, 11) is 0. The quantitative estimate of drug-likeness (QED) is 0.226. The molecule has 282 valence electrons. The highest BCUT2D eigenvalue weighted by Crippen LogP contribution is 2.40. The fraction of sp³-hybridized carbons (Fsp3) is 0.553. The Morgan fingerprint density at radius 1 is 0.943 bits per heavy atom. The van der Waals surface area contributed by atoms with Crippen molar-refractivity contribution in [2.75, 3.05) is 35.2 Å². The summed E-state index contributed by atoms with van der Waals surface area (Å²) in [5.41, 5.74) is 8.67. The lowest BCUT2D eigenvalue weighted by molar-refractivity contribution is -0.151. The van der Waals surface area contributed by atoms with Gasteiger partial charge in [-0.25, -0.2) is 14.8 Å². The molecule has 6 N–H and O–H groups in total. The maximum absolute atomic E-state index is 13.6. The molecule has 2 amide bonds. The second-order valence-electron chi connectivity index (χ2n) is 16.1. The van der Waals surface area contributed by atoms with E-state index in [0.29, 0.717) is 35.9 Å². The van der Waals surface area contributed by atoms with Gasteiger partial charge in [-0.05, 0) is 73.6 Å². The van der Waals surface area contributed by atoms with Gasteiger partial charge < -0.3 is 41.1 Å². The molecular weight excluding hydrogens is 678 g/mol. The van der Waals surface area contributed by atoms with Gasteiger partial charge >= 0.3 is 5.97 Å². The Morgan fingerprint density at radius 2 is 1.60 bits per heavy atom. The molecule has 7 rings (SSSR count). The van der Waals surface area contributed by atoms with Crippen molar-refractivity contribution >= 4 is 35.2 Å². The number of carboxylic acids is 1. The summed E-state index contributed by atoms with van der Waals surface area (Å²) in [4.78, 5) is 54.3. The third-order valence-corrected chi connectivity index (χ3v) is 11.5. The number of hydrogen-bond acceptors (Lipinski definition) is 12. The Labute approximate surface area is 308 Å². The highest BCUT2D eigenvalue weighted by molar-refractivity contribution is 5.92. The third kappa shape index (κ3) is 7.31. The zero-order valence-electron chi connectivity index (χ0n) is 30.4. The van der Waals surface area contributed by atoms with E-state index in [-0.39, 0.29) is 48.5 Å². The van der Waals surface area contributed by atoms with Crippen molar-refractivity contribution in [2.24, 2.45) is 11.3 Å². The van der Waals surface area contributed by atoms with Gasteiger partial charge in [-0.15, -0.1) is 10.2 Å². The topological polar surface area (TPSA) is 211 Å². The number of fused-ring (bicyclic) bond motifs is 2. The number of carbonyl (C=O) groups is 3. The van der Waals surface area contributed by atoms with Crippen molar-refractivity contribution in [2.45, 2.75) is 102 Å². The van der Waals surface area contributed by atoms with Gasteiger partial charge in [-0.3, -0.25) is 9.59 Å². The highest BCUT2D eigenvalue weighted by atomic mass is 16.4. The number of hydrogen-bond donors (Lipinski definition) is 5. The van der Waals surface area contributed by atoms with E-state index in [9.17, 15) is 29.7 Å². The number of aliphatic hydroxyl groups is 1. The Kier molecular flexibility index (Phi) is 9.87. The van der Waals surface area contributed by atoms with E-state index in [0.717, 1.165) is 50.0 Å². The molecule has 2 bridgehead atoms. The van der Waals surface area contributed by atoms with E-state index in [2.05, 4.69) is 25.3 Å². The van der Waals surface area contributed by atoms with Crippen molar-refractivity contribution in [3.05, 3.63) is 48.3 Å². The number of nitrogen functional groups attached to an aromatic ring is 1. The molecule has 15 heteroatoms. The molecular formula is C38H49N9O6. The summed E-state index contributed by atoms with van der Waals surface area (Å²) >= 11 is 0. The number of amides is 2. The molecule has 2 aromatic heterocycles. The van der Waals surface area contributed by atoms with Crippen LogP contribution >= 0.6 is 0 Å². The first-order valence-corrected chi connectivity index (χ1v) is 18.6. The summed E-state index contributed by atoms with van der Waals surface area (Å²) in [6.45, 7) is 6.91. The van der Waals surface area contributed by atoms with E-state index in [1.165, 1.54) is 4.90 Å². The Hall–Kier alpha value is -5.05. The zero-order chi connectivity index (χ0) is 37.6. The minimum absolute atomic E-state index is 0.0260. The number of carboxylic acid groups (broad SMARTS) is 1. The number of aliphatic carboxylic acids is 1. The fourth-order valence-electron chi connectivity index (χ4n) is 8.62. The Morgan fingerprint density at radius 3 is 2.23 bits per heavy atom. The maximum Gasteiger partial charge on any atom is 0.326 e. The summed E-state index contributed by atoms with van der Waals surface area (Å²) in [6.07, 6.45) is 7.76. The largest absolute Gasteiger partial charge is 0.507 e. The van der Waals surface area contributed by atoms with Gasteiger partial charge in [0.2, 0.25) is 17.8 Å². The van der Waals surface area contributed by atoms with Gasteiger partial charge in [0, 0.05) is 62.0 Å². The minimum Gasteiger partial charge on any atom is -0.507 e. The van der Waals surface area contributed by atoms with E-state index >= 15 is 0 Å². The second-order valence-corrected chi connectivity index (χ2v) is 16.1. The van der Waals surface area contributed by atoms with Crippen molar-refractivity contribution in [1.82, 2.24) is 30.4 Å². The smallest absolute Gasteiger partial charge is 0.326 e. The van der Waals surface area contributed by atoms with Crippen LogP contribution in [0.25, 0.3) is 11.3 Å². The van der Waals surface area contributed by atoms with E-state index in [4.69, 9.17) is 15.7 Å². The summed E-state index contributed by atoms with van der Waals surface area (Å²) in [6, 6.07) is 7.31. The van der Waals surface area contributed by atoms with Crippen LogP contribution in [0.2, 0.25) is 0 Å². The standard InChI is InChI=1S/C38H49N9O6/c1-38(2,3)32(35(51)46-20-26(48)14-30(46)36(52)53)42-34(50)22-10-8-21(9-11-22)23-16-40-37(41-17-23)47-24-12-13-25(47)19-45(18-24)29-15-28(43-44-33(29)39)27-6-4-5-7-31(27)49/h4-7,15-17,21-22,24-26,30,32,48-49H,8-14,18-20H2,1-3H3,(H2,39,44)(H,42,50)(H,52,53)/t21?,22?,24?,25?,26-,30+,32?/m1/s1. The number of aliphatic hydroxyl groups excluding tert-OH is 1. The molecule has 3 aromatic rings. The molecule has 5 atom stereocenters. The first-order valence-electron chi connectivity index (χ1n) is 18.6. The summed E-state index contributed by atoms with van der Waals surface area (Å²) in [5, 5.41) is 41.5. The number of para-hydroxylation sites is 1. The first-order chi connectivity index (χ1) is 25.3. The number of carbonyl (C=O) groups excluding carboxylic acids is 2. The number of anilines is 3. The molecule has 1 aromatic carbocycles. The van der Waals surface area contributed by atoms with Crippen LogP contribution in [0.5, 0.6) is 5.75 Å². The number of phenols is 1. The highest BCUT2D eigenvalue weighted by Gasteiger charge is 2.46. The molecule has 3 unspecified atom stereocenters. The van der Waals surface area contributed by atoms with E-state index < -0.39 is 35.5 Å². The van der Waals surface area contributed by atoms with Crippen LogP contribution in [0.3, 0.4) is 0 Å². The number of nitrogens with zero attached hydrogens (tertiary/aromatic N) is 7. The van der Waals surface area contributed by atoms with Crippen molar-refractivity contribution < 1.29 is 29.7 Å². The molecule has 53 heavy (non-hydrogen) atoms. The third-order valence-electron chi connectivity index (χ3n) is 11.5. The second kappa shape index (κ2) is 14.4. The molecule has 4 aliphatic rings. The van der Waals surface area contributed by atoms with Crippen molar-refractivity contribution in [3.8, 4) is 17.0 Å². The molecule has 4 fully saturated rings. The number of β-amino-alcohol motifs (C(OH)–C–C–N with tert-alkyl or cyclic N) is 1. The normalized spacial score (nSPS) is 26.4. The number of benzene rings is 1. The average Bonchev–Trinajstić information content (AvgIpc) is 3.66. The lowest BCUT2D eigenvalue weighted by Crippen LogP contribution is -2.57. The number of rotatable bonds is 8. The fourth-order valence-corrected chi connectivity index (χ4v) is 8.62. The number of nitrogens with two attached hydrogens (primary N) is 1. The number of phenolic OH excluding ortho intramolecular Hbond substituents is 1. The van der Waals surface area contributed by atoms with Gasteiger partial charge in [0.25, 0.3) is 0 Å². The first kappa shape index (κ1) is 36.3.